The van der Waals surface area contributed by atoms with Crippen LogP contribution in [0.1, 0.15) is 6.92 Å². The molecule has 0 aliphatic heterocycles. The van der Waals surface area contributed by atoms with Crippen LogP contribution in [-0.4, -0.2) is 23.0 Å². The van der Waals surface area contributed by atoms with Gasteiger partial charge in [0.1, 0.15) is 0 Å². The van der Waals surface area contributed by atoms with Gasteiger partial charge in [-0.2, -0.15) is 0 Å². The molecule has 0 radical (unpaired) electrons. The van der Waals surface area contributed by atoms with Crippen molar-refractivity contribution in [2.45, 2.75) is 19.1 Å². The normalized spacial score (nSPS) is 45.6. The maximum atomic E-state index is 11.4. The first-order valence-corrected chi connectivity index (χ1v) is 4.28. The fraction of sp³-hybridized carbons (Fsp3) is 0.667. The zero-order chi connectivity index (χ0) is 8.88. The number of allylic oxidation sites excluding steroid dienone is 1. The fourth-order valence-electron chi connectivity index (χ4n) is 2.10. The molecule has 0 unspecified atom stereocenters. The number of nitrogens with two attached hydrogens (primary N) is 1. The average Bonchev–Trinajstić information content (AvgIpc) is 2.62. The Hall–Kier alpha value is -0.670. The number of aliphatic hydroxyl groups is 1. The van der Waals surface area contributed by atoms with Crippen LogP contribution in [0.25, 0.3) is 0 Å². The Morgan fingerprint density at radius 2 is 2.25 bits per heavy atom. The van der Waals surface area contributed by atoms with Gasteiger partial charge in [0.2, 0.25) is 0 Å². The molecule has 12 heavy (non-hydrogen) atoms. The summed E-state index contributed by atoms with van der Waals surface area (Å²) in [4.78, 5) is 11.4. The SMILES string of the molecule is C[C@H](N)C(=O)[C@H]1[C@@H]2C=C[C@@H](O)[C@@H]21. The molecule has 5 atom stereocenters. The third-order valence-corrected chi connectivity index (χ3v) is 2.84. The maximum Gasteiger partial charge on any atom is 0.153 e. The zero-order valence-corrected chi connectivity index (χ0v) is 6.97. The molecular weight excluding hydrogens is 154 g/mol. The van der Waals surface area contributed by atoms with E-state index in [1.54, 1.807) is 13.0 Å². The smallest absolute Gasteiger partial charge is 0.153 e. The van der Waals surface area contributed by atoms with Crippen molar-refractivity contribution < 1.29 is 9.90 Å². The lowest BCUT2D eigenvalue weighted by atomic mass is 10.1. The summed E-state index contributed by atoms with van der Waals surface area (Å²) in [6, 6.07) is -0.388. The van der Waals surface area contributed by atoms with E-state index < -0.39 is 6.10 Å². The largest absolute Gasteiger partial charge is 0.389 e. The molecule has 0 spiro atoms. The molecule has 0 aromatic rings. The van der Waals surface area contributed by atoms with Gasteiger partial charge in [-0.25, -0.2) is 0 Å². The van der Waals surface area contributed by atoms with E-state index in [0.717, 1.165) is 0 Å². The van der Waals surface area contributed by atoms with Gasteiger partial charge in [-0.1, -0.05) is 12.2 Å². The van der Waals surface area contributed by atoms with Crippen molar-refractivity contribution in [2.75, 3.05) is 0 Å². The zero-order valence-electron chi connectivity index (χ0n) is 6.97. The maximum absolute atomic E-state index is 11.4. The summed E-state index contributed by atoms with van der Waals surface area (Å²) in [5, 5.41) is 9.36. The molecule has 2 rings (SSSR count). The summed E-state index contributed by atoms with van der Waals surface area (Å²) >= 11 is 0. The molecule has 2 aliphatic rings. The van der Waals surface area contributed by atoms with E-state index in [4.69, 9.17) is 5.73 Å². The number of rotatable bonds is 2. The number of ketones is 1. The van der Waals surface area contributed by atoms with Gasteiger partial charge in [-0.15, -0.1) is 0 Å². The quantitative estimate of drug-likeness (QED) is 0.555. The number of hydrogen-bond donors (Lipinski definition) is 2. The van der Waals surface area contributed by atoms with Crippen molar-refractivity contribution >= 4 is 5.78 Å². The highest BCUT2D eigenvalue weighted by molar-refractivity contribution is 5.89. The van der Waals surface area contributed by atoms with Crippen molar-refractivity contribution in [1.82, 2.24) is 0 Å². The van der Waals surface area contributed by atoms with Crippen molar-refractivity contribution in [3.63, 3.8) is 0 Å². The summed E-state index contributed by atoms with van der Waals surface area (Å²) in [5.41, 5.74) is 5.47. The van der Waals surface area contributed by atoms with Crippen molar-refractivity contribution in [3.05, 3.63) is 12.2 Å². The Bertz CT molecular complexity index is 247. The van der Waals surface area contributed by atoms with E-state index in [1.807, 2.05) is 6.08 Å². The summed E-state index contributed by atoms with van der Waals surface area (Å²) in [5.74, 6) is 0.514. The van der Waals surface area contributed by atoms with Crippen LogP contribution in [0.2, 0.25) is 0 Å². The highest BCUT2D eigenvalue weighted by Gasteiger charge is 2.58. The first-order valence-electron chi connectivity index (χ1n) is 4.28. The van der Waals surface area contributed by atoms with Crippen LogP contribution < -0.4 is 5.73 Å². The summed E-state index contributed by atoms with van der Waals surface area (Å²) in [6.07, 6.45) is 3.28. The van der Waals surface area contributed by atoms with Gasteiger partial charge in [0.25, 0.3) is 0 Å². The Morgan fingerprint density at radius 1 is 1.58 bits per heavy atom. The molecule has 3 nitrogen and oxygen atoms in total. The van der Waals surface area contributed by atoms with Crippen molar-refractivity contribution in [3.8, 4) is 0 Å². The summed E-state index contributed by atoms with van der Waals surface area (Å²) < 4.78 is 0. The first kappa shape index (κ1) is 7.95. The Morgan fingerprint density at radius 3 is 2.67 bits per heavy atom. The predicted octanol–water partition coefficient (Wildman–Crippen LogP) is -0.304. The number of hydrogen-bond acceptors (Lipinski definition) is 3. The molecule has 0 saturated heterocycles. The van der Waals surface area contributed by atoms with Gasteiger partial charge < -0.3 is 10.8 Å². The molecule has 3 heteroatoms. The monoisotopic (exact) mass is 167 g/mol. The lowest BCUT2D eigenvalue weighted by molar-refractivity contribution is -0.121. The minimum atomic E-state index is -0.414. The number of carbonyl (C=O) groups excluding carboxylic acids is 1. The van der Waals surface area contributed by atoms with Gasteiger partial charge >= 0.3 is 0 Å². The highest BCUT2D eigenvalue weighted by Crippen LogP contribution is 2.54. The Kier molecular flexibility index (Phi) is 1.59. The standard InChI is InChI=1S/C9H13NO2/c1-4(10)9(12)8-5-2-3-6(11)7(5)8/h2-8,11H,10H2,1H3/t4-,5+,6+,7+,8-/m0/s1. The molecule has 2 aliphatic carbocycles. The van der Waals surface area contributed by atoms with Crippen LogP contribution in [0, 0.1) is 17.8 Å². The molecule has 0 heterocycles. The van der Waals surface area contributed by atoms with Crippen LogP contribution in [0.5, 0.6) is 0 Å². The van der Waals surface area contributed by atoms with E-state index in [1.165, 1.54) is 0 Å². The minimum Gasteiger partial charge on any atom is -0.389 e. The molecule has 3 N–H and O–H groups in total. The molecule has 66 valence electrons. The second-order valence-corrected chi connectivity index (χ2v) is 3.75. The van der Waals surface area contributed by atoms with Gasteiger partial charge in [0.05, 0.1) is 12.1 Å². The van der Waals surface area contributed by atoms with Crippen LogP contribution in [0.3, 0.4) is 0 Å². The second-order valence-electron chi connectivity index (χ2n) is 3.75. The molecule has 0 amide bonds. The van der Waals surface area contributed by atoms with E-state index in [9.17, 15) is 9.90 Å². The fourth-order valence-corrected chi connectivity index (χ4v) is 2.10. The third kappa shape index (κ3) is 0.934. The third-order valence-electron chi connectivity index (χ3n) is 2.84. The van der Waals surface area contributed by atoms with Crippen LogP contribution in [0.15, 0.2) is 12.2 Å². The number of Topliss-reactive ketones (excluding diaryl/α,β-unsaturated/α-hetero) is 1. The molecule has 0 bridgehead atoms. The van der Waals surface area contributed by atoms with Gasteiger partial charge in [0.15, 0.2) is 5.78 Å². The lowest BCUT2D eigenvalue weighted by Crippen LogP contribution is -2.30. The first-order chi connectivity index (χ1) is 5.63. The van der Waals surface area contributed by atoms with Gasteiger partial charge in [-0.05, 0) is 12.8 Å². The van der Waals surface area contributed by atoms with Gasteiger partial charge in [0, 0.05) is 11.8 Å². The van der Waals surface area contributed by atoms with Crippen molar-refractivity contribution in [1.29, 1.82) is 0 Å². The van der Waals surface area contributed by atoms with E-state index in [-0.39, 0.29) is 29.6 Å². The Balaban J connectivity index is 2.04. The number of carbonyl (C=O) groups is 1. The highest BCUT2D eigenvalue weighted by atomic mass is 16.3. The van der Waals surface area contributed by atoms with E-state index in [2.05, 4.69) is 0 Å². The van der Waals surface area contributed by atoms with E-state index in [0.29, 0.717) is 0 Å². The lowest BCUT2D eigenvalue weighted by Gasteiger charge is -2.05. The predicted molar refractivity (Wildman–Crippen MR) is 44.3 cm³/mol. The minimum absolute atomic E-state index is 0.00463. The van der Waals surface area contributed by atoms with Gasteiger partial charge in [-0.3, -0.25) is 4.79 Å². The molecular formula is C9H13NO2. The van der Waals surface area contributed by atoms with Crippen LogP contribution in [-0.2, 0) is 4.79 Å². The topological polar surface area (TPSA) is 63.3 Å². The second kappa shape index (κ2) is 2.41. The van der Waals surface area contributed by atoms with Crippen LogP contribution in [0.4, 0.5) is 0 Å². The molecule has 1 saturated carbocycles. The molecule has 0 aromatic heterocycles. The molecule has 1 fully saturated rings. The summed E-state index contributed by atoms with van der Waals surface area (Å²) in [6.45, 7) is 1.70. The Labute approximate surface area is 71.3 Å². The number of fused-ring (bicyclic) bond motifs is 1. The molecule has 0 aromatic carbocycles. The average molecular weight is 167 g/mol. The van der Waals surface area contributed by atoms with Crippen molar-refractivity contribution in [2.24, 2.45) is 23.5 Å². The van der Waals surface area contributed by atoms with E-state index >= 15 is 0 Å². The summed E-state index contributed by atoms with van der Waals surface area (Å²) in [7, 11) is 0. The van der Waals surface area contributed by atoms with Crippen LogP contribution >= 0.6 is 0 Å². The number of aliphatic hydroxyl groups excluding tert-OH is 1.